The highest BCUT2D eigenvalue weighted by molar-refractivity contribution is 7.15. The van der Waals surface area contributed by atoms with Gasteiger partial charge < -0.3 is 9.64 Å². The number of carbonyl (C=O) groups excluding carboxylic acids is 1. The predicted octanol–water partition coefficient (Wildman–Crippen LogP) is 4.05. The minimum Gasteiger partial charge on any atom is -0.465 e. The summed E-state index contributed by atoms with van der Waals surface area (Å²) in [5.41, 5.74) is 3.43. The number of benzene rings is 1. The van der Waals surface area contributed by atoms with E-state index in [4.69, 9.17) is 4.74 Å². The molecule has 0 bridgehead atoms. The van der Waals surface area contributed by atoms with E-state index >= 15 is 0 Å². The molecule has 1 aliphatic heterocycles. The molecule has 0 unspecified atom stereocenters. The van der Waals surface area contributed by atoms with Crippen LogP contribution in [0.1, 0.15) is 28.1 Å². The van der Waals surface area contributed by atoms with Gasteiger partial charge in [0.25, 0.3) is 0 Å². The topological polar surface area (TPSA) is 55.3 Å². The lowest BCUT2D eigenvalue weighted by molar-refractivity contribution is 0.0601. The van der Waals surface area contributed by atoms with Gasteiger partial charge in [-0.3, -0.25) is 4.98 Å². The van der Waals surface area contributed by atoms with E-state index in [9.17, 15) is 4.79 Å². The van der Waals surface area contributed by atoms with E-state index in [2.05, 4.69) is 14.9 Å². The van der Waals surface area contributed by atoms with E-state index in [1.165, 1.54) is 20.0 Å². The Labute approximate surface area is 150 Å². The van der Waals surface area contributed by atoms with Crippen LogP contribution < -0.4 is 4.90 Å². The van der Waals surface area contributed by atoms with E-state index in [1.54, 1.807) is 11.3 Å². The van der Waals surface area contributed by atoms with E-state index in [-0.39, 0.29) is 5.97 Å². The number of aryl methyl sites for hydroxylation is 1. The maximum absolute atomic E-state index is 12.2. The molecule has 0 N–H and O–H groups in total. The molecule has 0 saturated carbocycles. The number of thiazole rings is 1. The maximum Gasteiger partial charge on any atom is 0.337 e. The fourth-order valence-electron chi connectivity index (χ4n) is 3.35. The average Bonchev–Trinajstić information content (AvgIpc) is 3.31. The number of hydrogen-bond donors (Lipinski definition) is 0. The molecule has 128 valence electrons. The van der Waals surface area contributed by atoms with Gasteiger partial charge >= 0.3 is 5.97 Å². The number of rotatable bonds is 3. The molecule has 3 aromatic rings. The van der Waals surface area contributed by atoms with Crippen LogP contribution in [0, 0.1) is 6.92 Å². The van der Waals surface area contributed by atoms with Crippen LogP contribution in [0.25, 0.3) is 21.5 Å². The first-order valence-electron chi connectivity index (χ1n) is 8.36. The van der Waals surface area contributed by atoms with Gasteiger partial charge in [-0.25, -0.2) is 9.78 Å². The number of fused-ring (bicyclic) bond motifs is 1. The smallest absolute Gasteiger partial charge is 0.337 e. The summed E-state index contributed by atoms with van der Waals surface area (Å²) in [6.45, 7) is 4.09. The fraction of sp³-hybridized carbons (Fsp3) is 0.316. The summed E-state index contributed by atoms with van der Waals surface area (Å²) in [6, 6.07) is 5.77. The van der Waals surface area contributed by atoms with Crippen molar-refractivity contribution in [3.8, 4) is 10.6 Å². The number of methoxy groups -OCH3 is 1. The Balaban J connectivity index is 1.99. The molecule has 6 heteroatoms. The van der Waals surface area contributed by atoms with Crippen molar-refractivity contribution in [3.63, 3.8) is 0 Å². The first-order chi connectivity index (χ1) is 12.2. The van der Waals surface area contributed by atoms with Gasteiger partial charge in [0.05, 0.1) is 18.2 Å². The number of hydrogen-bond acceptors (Lipinski definition) is 6. The number of carbonyl (C=O) groups is 1. The normalized spacial score (nSPS) is 14.2. The molecule has 0 amide bonds. The second-order valence-electron chi connectivity index (χ2n) is 6.21. The molecule has 3 heterocycles. The summed E-state index contributed by atoms with van der Waals surface area (Å²) in [5, 5.41) is 1.86. The van der Waals surface area contributed by atoms with Crippen LogP contribution in [0.2, 0.25) is 0 Å². The molecular weight excluding hydrogens is 334 g/mol. The van der Waals surface area contributed by atoms with Crippen molar-refractivity contribution < 1.29 is 9.53 Å². The van der Waals surface area contributed by atoms with Crippen molar-refractivity contribution in [3.05, 3.63) is 41.0 Å². The Kier molecular flexibility index (Phi) is 4.13. The SMILES string of the molecule is COC(=O)c1cc(-c2ncc(C)s2)c2nccc(N3CCCC3)c2c1. The molecule has 1 saturated heterocycles. The van der Waals surface area contributed by atoms with Gasteiger partial charge in [0.15, 0.2) is 0 Å². The van der Waals surface area contributed by atoms with Crippen molar-refractivity contribution in [2.24, 2.45) is 0 Å². The highest BCUT2D eigenvalue weighted by Gasteiger charge is 2.20. The van der Waals surface area contributed by atoms with Gasteiger partial charge in [-0.2, -0.15) is 0 Å². The molecule has 1 fully saturated rings. The lowest BCUT2D eigenvalue weighted by atomic mass is 10.0. The van der Waals surface area contributed by atoms with Crippen LogP contribution in [0.5, 0.6) is 0 Å². The van der Waals surface area contributed by atoms with E-state index in [0.29, 0.717) is 5.56 Å². The van der Waals surface area contributed by atoms with Crippen LogP contribution in [0.3, 0.4) is 0 Å². The average molecular weight is 353 g/mol. The third-order valence-electron chi connectivity index (χ3n) is 4.54. The highest BCUT2D eigenvalue weighted by Crippen LogP contribution is 2.36. The van der Waals surface area contributed by atoms with Gasteiger partial charge in [0.1, 0.15) is 5.01 Å². The molecule has 25 heavy (non-hydrogen) atoms. The minimum absolute atomic E-state index is 0.340. The maximum atomic E-state index is 12.2. The number of ether oxygens (including phenoxy) is 1. The largest absolute Gasteiger partial charge is 0.465 e. The summed E-state index contributed by atoms with van der Waals surface area (Å²) < 4.78 is 4.96. The third kappa shape index (κ3) is 2.87. The minimum atomic E-state index is -0.340. The first kappa shape index (κ1) is 16.0. The molecular formula is C19H19N3O2S. The lowest BCUT2D eigenvalue weighted by Crippen LogP contribution is -2.18. The van der Waals surface area contributed by atoms with Crippen molar-refractivity contribution in [1.29, 1.82) is 0 Å². The van der Waals surface area contributed by atoms with Crippen LogP contribution >= 0.6 is 11.3 Å². The summed E-state index contributed by atoms with van der Waals surface area (Å²) in [6.07, 6.45) is 6.08. The molecule has 1 aromatic carbocycles. The monoisotopic (exact) mass is 353 g/mol. The van der Waals surface area contributed by atoms with Crippen LogP contribution in [0.15, 0.2) is 30.6 Å². The number of nitrogens with zero attached hydrogens (tertiary/aromatic N) is 3. The van der Waals surface area contributed by atoms with Crippen LogP contribution in [-0.4, -0.2) is 36.1 Å². The Morgan fingerprint density at radius 2 is 2.04 bits per heavy atom. The highest BCUT2D eigenvalue weighted by atomic mass is 32.1. The summed E-state index contributed by atoms with van der Waals surface area (Å²) in [5.74, 6) is -0.340. The number of aromatic nitrogens is 2. The molecule has 0 spiro atoms. The molecule has 0 radical (unpaired) electrons. The molecule has 0 aliphatic carbocycles. The van der Waals surface area contributed by atoms with E-state index < -0.39 is 0 Å². The van der Waals surface area contributed by atoms with Crippen LogP contribution in [-0.2, 0) is 4.74 Å². The Morgan fingerprint density at radius 3 is 2.72 bits per heavy atom. The Bertz CT molecular complexity index is 945. The number of anilines is 1. The van der Waals surface area contributed by atoms with Crippen LogP contribution in [0.4, 0.5) is 5.69 Å². The first-order valence-corrected chi connectivity index (χ1v) is 9.18. The molecule has 5 nitrogen and oxygen atoms in total. The van der Waals surface area contributed by atoms with Gasteiger partial charge in [-0.15, -0.1) is 11.3 Å². The third-order valence-corrected chi connectivity index (χ3v) is 5.49. The lowest BCUT2D eigenvalue weighted by Gasteiger charge is -2.20. The number of esters is 1. The van der Waals surface area contributed by atoms with Crippen molar-refractivity contribution >= 4 is 33.9 Å². The number of pyridine rings is 1. The zero-order valence-corrected chi connectivity index (χ0v) is 15.1. The van der Waals surface area contributed by atoms with Gasteiger partial charge in [-0.05, 0) is 38.0 Å². The zero-order valence-electron chi connectivity index (χ0n) is 14.3. The molecule has 1 aliphatic rings. The molecule has 4 rings (SSSR count). The van der Waals surface area contributed by atoms with Crippen molar-refractivity contribution in [1.82, 2.24) is 9.97 Å². The standard InChI is InChI=1S/C19H19N3O2S/c1-12-11-21-18(25-12)15-10-13(19(23)24-2)9-14-16(5-6-20-17(14)15)22-7-3-4-8-22/h5-6,9-11H,3-4,7-8H2,1-2H3. The Morgan fingerprint density at radius 1 is 1.24 bits per heavy atom. The second kappa shape index (κ2) is 6.44. The van der Waals surface area contributed by atoms with Crippen molar-refractivity contribution in [2.45, 2.75) is 19.8 Å². The van der Waals surface area contributed by atoms with Gasteiger partial charge in [0.2, 0.25) is 0 Å². The van der Waals surface area contributed by atoms with Gasteiger partial charge in [0, 0.05) is 47.0 Å². The van der Waals surface area contributed by atoms with E-state index in [1.807, 2.05) is 37.5 Å². The summed E-state index contributed by atoms with van der Waals surface area (Å²) in [4.78, 5) is 24.8. The second-order valence-corrected chi connectivity index (χ2v) is 7.45. The van der Waals surface area contributed by atoms with Crippen molar-refractivity contribution in [2.75, 3.05) is 25.1 Å². The zero-order chi connectivity index (χ0) is 17.4. The molecule has 2 aromatic heterocycles. The quantitative estimate of drug-likeness (QED) is 0.665. The Hall–Kier alpha value is -2.47. The van der Waals surface area contributed by atoms with Gasteiger partial charge in [-0.1, -0.05) is 0 Å². The molecule has 0 atom stereocenters. The summed E-state index contributed by atoms with van der Waals surface area (Å²) in [7, 11) is 1.41. The van der Waals surface area contributed by atoms with E-state index in [0.717, 1.165) is 45.1 Å². The summed E-state index contributed by atoms with van der Waals surface area (Å²) >= 11 is 1.60. The fourth-order valence-corrected chi connectivity index (χ4v) is 4.13. The predicted molar refractivity (Wildman–Crippen MR) is 100 cm³/mol.